The second-order valence-electron chi connectivity index (χ2n) is 8.20. The minimum absolute atomic E-state index is 0.139. The Balaban J connectivity index is 1.59. The summed E-state index contributed by atoms with van der Waals surface area (Å²) in [5.41, 5.74) is 7.00. The van der Waals surface area contributed by atoms with Crippen LogP contribution in [0.25, 0.3) is 11.3 Å². The van der Waals surface area contributed by atoms with Gasteiger partial charge in [0.1, 0.15) is 6.23 Å². The molecular weight excluding hydrogens is 451 g/mol. The number of hydrogen-bond donors (Lipinski definition) is 3. The van der Waals surface area contributed by atoms with E-state index in [1.807, 2.05) is 0 Å². The monoisotopic (exact) mass is 473 g/mol. The largest absolute Gasteiger partial charge is 0.374 e. The first-order chi connectivity index (χ1) is 14.5. The summed E-state index contributed by atoms with van der Waals surface area (Å²) in [6.45, 7) is 2.64. The molecule has 1 unspecified atom stereocenters. The topological polar surface area (TPSA) is 96.4 Å². The summed E-state index contributed by atoms with van der Waals surface area (Å²) in [7, 11) is 0. The van der Waals surface area contributed by atoms with Crippen molar-refractivity contribution >= 4 is 29.2 Å². The van der Waals surface area contributed by atoms with Gasteiger partial charge in [0.15, 0.2) is 0 Å². The molecule has 1 aromatic carbocycles. The van der Waals surface area contributed by atoms with E-state index in [2.05, 4.69) is 10.4 Å². The molecule has 1 atom stereocenters. The third-order valence-electron chi connectivity index (χ3n) is 6.04. The molecule has 0 spiro atoms. The van der Waals surface area contributed by atoms with Crippen molar-refractivity contribution in [1.82, 2.24) is 20.0 Å². The number of carbonyl (C=O) groups excluding carboxylic acids is 1. The van der Waals surface area contributed by atoms with Crippen LogP contribution >= 0.6 is 23.2 Å². The molecule has 2 aromatic rings. The summed E-state index contributed by atoms with van der Waals surface area (Å²) >= 11 is 12.1. The van der Waals surface area contributed by atoms with Crippen LogP contribution in [0.15, 0.2) is 18.2 Å². The second-order valence-corrected chi connectivity index (χ2v) is 9.02. The molecule has 168 valence electrons. The summed E-state index contributed by atoms with van der Waals surface area (Å²) in [6.07, 6.45) is -1.62. The Hall–Kier alpha value is -1.94. The van der Waals surface area contributed by atoms with E-state index >= 15 is 0 Å². The van der Waals surface area contributed by atoms with E-state index < -0.39 is 23.7 Å². The quantitative estimate of drug-likeness (QED) is 0.586. The number of hydrogen-bond acceptors (Lipinski definition) is 4. The van der Waals surface area contributed by atoms with Gasteiger partial charge in [-0.25, -0.2) is 13.6 Å². The maximum atomic E-state index is 13.4. The summed E-state index contributed by atoms with van der Waals surface area (Å²) in [4.78, 5) is 14.4. The summed E-state index contributed by atoms with van der Waals surface area (Å²) in [6, 6.07) is 4.57. The minimum Gasteiger partial charge on any atom is -0.374 e. The van der Waals surface area contributed by atoms with Crippen molar-refractivity contribution < 1.29 is 18.7 Å². The van der Waals surface area contributed by atoms with Gasteiger partial charge in [0.05, 0.1) is 40.1 Å². The average Bonchev–Trinajstić information content (AvgIpc) is 3.07. The number of amides is 2. The van der Waals surface area contributed by atoms with Crippen molar-refractivity contribution in [1.29, 1.82) is 0 Å². The Morgan fingerprint density at radius 3 is 2.61 bits per heavy atom. The average molecular weight is 474 g/mol. The lowest BCUT2D eigenvalue weighted by Gasteiger charge is -2.48. The van der Waals surface area contributed by atoms with Crippen molar-refractivity contribution in [2.45, 2.75) is 57.0 Å². The van der Waals surface area contributed by atoms with E-state index in [1.54, 1.807) is 29.8 Å². The number of aliphatic hydroxyl groups is 1. The number of halogens is 4. The van der Waals surface area contributed by atoms with Gasteiger partial charge in [-0.15, -0.1) is 0 Å². The van der Waals surface area contributed by atoms with Gasteiger partial charge in [-0.2, -0.15) is 5.10 Å². The van der Waals surface area contributed by atoms with Gasteiger partial charge in [-0.3, -0.25) is 4.68 Å². The Morgan fingerprint density at radius 1 is 1.32 bits per heavy atom. The number of carbonyl (C=O) groups is 1. The number of benzene rings is 1. The third kappa shape index (κ3) is 4.11. The maximum absolute atomic E-state index is 13.4. The highest BCUT2D eigenvalue weighted by molar-refractivity contribution is 6.42. The molecule has 0 radical (unpaired) electrons. The number of aliphatic hydroxyl groups excluding tert-OH is 1. The number of nitrogens with zero attached hydrogens (tertiary/aromatic N) is 3. The zero-order valence-electron chi connectivity index (χ0n) is 16.8. The van der Waals surface area contributed by atoms with Gasteiger partial charge in [0.2, 0.25) is 0 Å². The molecule has 1 fully saturated rings. The summed E-state index contributed by atoms with van der Waals surface area (Å²) in [5.74, 6) is -2.74. The molecular formula is C20H23Cl2F2N5O2. The number of rotatable bonds is 4. The number of alkyl halides is 2. The first-order valence-electron chi connectivity index (χ1n) is 9.98. The van der Waals surface area contributed by atoms with Crippen LogP contribution in [0.4, 0.5) is 13.6 Å². The molecule has 1 aromatic heterocycles. The van der Waals surface area contributed by atoms with Crippen LogP contribution in [0.5, 0.6) is 0 Å². The number of urea groups is 1. The van der Waals surface area contributed by atoms with Crippen molar-refractivity contribution in [3.8, 4) is 11.3 Å². The Bertz CT molecular complexity index is 1020. The summed E-state index contributed by atoms with van der Waals surface area (Å²) < 4.78 is 28.6. The third-order valence-corrected chi connectivity index (χ3v) is 6.78. The van der Waals surface area contributed by atoms with Crippen LogP contribution in [-0.4, -0.2) is 43.8 Å². The van der Waals surface area contributed by atoms with Gasteiger partial charge in [0, 0.05) is 30.5 Å². The molecule has 2 heterocycles. The Kier molecular flexibility index (Phi) is 5.66. The van der Waals surface area contributed by atoms with Crippen LogP contribution in [0.3, 0.4) is 0 Å². The molecule has 2 aliphatic rings. The standard InChI is InChI=1S/C20H23Cl2F2N5O2/c1-2-19(9-20(23,24)10-19)26-18(31)28-5-6-29-14(8-28)15(17(25)30)16(27-29)11-3-4-12(21)13(22)7-11/h3-4,7,17,30H,2,5-6,8-10,25H2,1H3,(H,26,31). The number of aromatic nitrogens is 2. The highest BCUT2D eigenvalue weighted by Crippen LogP contribution is 2.47. The number of nitrogens with one attached hydrogen (secondary N) is 1. The van der Waals surface area contributed by atoms with Crippen LogP contribution in [0, 0.1) is 0 Å². The van der Waals surface area contributed by atoms with Gasteiger partial charge < -0.3 is 21.1 Å². The van der Waals surface area contributed by atoms with Gasteiger partial charge in [0.25, 0.3) is 5.92 Å². The van der Waals surface area contributed by atoms with Crippen LogP contribution < -0.4 is 11.1 Å². The van der Waals surface area contributed by atoms with Crippen molar-refractivity contribution in [2.75, 3.05) is 6.54 Å². The Labute approximate surface area is 188 Å². The van der Waals surface area contributed by atoms with E-state index in [0.717, 1.165) is 0 Å². The Morgan fingerprint density at radius 2 is 2.03 bits per heavy atom. The molecule has 1 aliphatic heterocycles. The molecule has 11 heteroatoms. The first-order valence-corrected chi connectivity index (χ1v) is 10.7. The zero-order chi connectivity index (χ0) is 22.6. The van der Waals surface area contributed by atoms with E-state index in [-0.39, 0.29) is 19.4 Å². The highest BCUT2D eigenvalue weighted by atomic mass is 35.5. The van der Waals surface area contributed by atoms with E-state index in [9.17, 15) is 18.7 Å². The van der Waals surface area contributed by atoms with E-state index in [1.165, 1.54) is 4.90 Å². The minimum atomic E-state index is -2.74. The normalized spacial score (nSPS) is 20.0. The van der Waals surface area contributed by atoms with Crippen LogP contribution in [0.2, 0.25) is 10.0 Å². The van der Waals surface area contributed by atoms with Gasteiger partial charge >= 0.3 is 6.03 Å². The van der Waals surface area contributed by atoms with Crippen LogP contribution in [0.1, 0.15) is 43.7 Å². The molecule has 0 bridgehead atoms. The summed E-state index contributed by atoms with van der Waals surface area (Å²) in [5, 5.41) is 18.3. The molecule has 1 aliphatic carbocycles. The molecule has 2 amide bonds. The molecule has 7 nitrogen and oxygen atoms in total. The molecule has 4 rings (SSSR count). The lowest BCUT2D eigenvalue weighted by Crippen LogP contribution is -2.64. The predicted molar refractivity (Wildman–Crippen MR) is 113 cm³/mol. The molecule has 1 saturated carbocycles. The lowest BCUT2D eigenvalue weighted by molar-refractivity contribution is -0.131. The molecule has 31 heavy (non-hydrogen) atoms. The SMILES string of the molecule is CCC1(NC(=O)N2CCn3nc(-c4ccc(Cl)c(Cl)c4)c(C(N)O)c3C2)CC(F)(F)C1. The van der Waals surface area contributed by atoms with Crippen molar-refractivity contribution in [2.24, 2.45) is 5.73 Å². The maximum Gasteiger partial charge on any atom is 0.318 e. The second kappa shape index (κ2) is 7.88. The van der Waals surface area contributed by atoms with Crippen molar-refractivity contribution in [3.63, 3.8) is 0 Å². The molecule has 0 saturated heterocycles. The van der Waals surface area contributed by atoms with Gasteiger partial charge in [-0.1, -0.05) is 36.2 Å². The fourth-order valence-corrected chi connectivity index (χ4v) is 4.65. The predicted octanol–water partition coefficient (Wildman–Crippen LogP) is 3.91. The van der Waals surface area contributed by atoms with E-state index in [0.29, 0.717) is 52.1 Å². The van der Waals surface area contributed by atoms with Crippen LogP contribution in [-0.2, 0) is 13.1 Å². The fourth-order valence-electron chi connectivity index (χ4n) is 4.35. The zero-order valence-corrected chi connectivity index (χ0v) is 18.4. The van der Waals surface area contributed by atoms with Crippen molar-refractivity contribution in [3.05, 3.63) is 39.5 Å². The number of fused-ring (bicyclic) bond motifs is 1. The smallest absolute Gasteiger partial charge is 0.318 e. The lowest BCUT2D eigenvalue weighted by atomic mass is 9.71. The highest BCUT2D eigenvalue weighted by Gasteiger charge is 2.56. The fraction of sp³-hybridized carbons (Fsp3) is 0.500. The van der Waals surface area contributed by atoms with Gasteiger partial charge in [-0.05, 0) is 18.6 Å². The first kappa shape index (κ1) is 22.3. The molecule has 4 N–H and O–H groups in total. The van der Waals surface area contributed by atoms with E-state index in [4.69, 9.17) is 28.9 Å². The number of nitrogens with two attached hydrogens (primary N) is 1.